The van der Waals surface area contributed by atoms with Gasteiger partial charge in [-0.1, -0.05) is 0 Å². The molecule has 310 valence electrons. The van der Waals surface area contributed by atoms with Gasteiger partial charge in [-0.05, 0) is 35.2 Å². The summed E-state index contributed by atoms with van der Waals surface area (Å²) in [6.45, 7) is 0. The Labute approximate surface area is 312 Å². The Bertz CT molecular complexity index is 2110. The van der Waals surface area contributed by atoms with Crippen molar-refractivity contribution in [1.29, 1.82) is 0 Å². The molecule has 0 aromatic heterocycles. The van der Waals surface area contributed by atoms with Crippen molar-refractivity contribution in [1.82, 2.24) is 0 Å². The molecular weight excluding hydrogens is 863 g/mol. The van der Waals surface area contributed by atoms with Gasteiger partial charge in [0.1, 0.15) is 58.4 Å². The molecule has 0 unspecified atom stereocenters. The lowest BCUT2D eigenvalue weighted by Gasteiger charge is -2.44. The van der Waals surface area contributed by atoms with Crippen LogP contribution in [0.3, 0.4) is 0 Å². The zero-order valence-electron chi connectivity index (χ0n) is 27.9. The fourth-order valence-electron chi connectivity index (χ4n) is 5.87. The van der Waals surface area contributed by atoms with Crippen LogP contribution in [-0.2, 0) is 10.9 Å². The van der Waals surface area contributed by atoms with Crippen LogP contribution in [0.4, 0.5) is 87.8 Å². The molecule has 5 aromatic rings. The first kappa shape index (κ1) is 45.3. The predicted molar refractivity (Wildman–Crippen MR) is 166 cm³/mol. The quantitative estimate of drug-likeness (QED) is 0.0466. The van der Waals surface area contributed by atoms with Gasteiger partial charge in [0.05, 0.1) is 12.5 Å². The Morgan fingerprint density at radius 1 is 0.397 bits per heavy atom. The number of hydrogen-bond donors (Lipinski definition) is 1. The van der Waals surface area contributed by atoms with Gasteiger partial charge < -0.3 is 5.11 Å². The van der Waals surface area contributed by atoms with E-state index >= 15 is 35.1 Å². The van der Waals surface area contributed by atoms with Crippen LogP contribution in [0.15, 0.2) is 24.3 Å². The molecule has 0 amide bonds. The van der Waals surface area contributed by atoms with Crippen molar-refractivity contribution in [3.8, 4) is 5.75 Å². The highest BCUT2D eigenvalue weighted by molar-refractivity contribution is 7.96. The van der Waals surface area contributed by atoms with Crippen LogP contribution in [-0.4, -0.2) is 35.3 Å². The first-order chi connectivity index (χ1) is 26.8. The third-order valence-corrected chi connectivity index (χ3v) is 9.16. The van der Waals surface area contributed by atoms with E-state index in [4.69, 9.17) is 5.11 Å². The van der Waals surface area contributed by atoms with Gasteiger partial charge in [0.15, 0.2) is 75.6 Å². The number of carbonyl (C=O) groups excluding carboxylic acids is 1. The third-order valence-electron chi connectivity index (χ3n) is 8.32. The summed E-state index contributed by atoms with van der Waals surface area (Å²) in [6.07, 6.45) is -3.14. The van der Waals surface area contributed by atoms with Gasteiger partial charge in [0.2, 0.25) is 5.78 Å². The van der Waals surface area contributed by atoms with Gasteiger partial charge >= 0.3 is 0 Å². The van der Waals surface area contributed by atoms with Gasteiger partial charge in [-0.2, -0.15) is 0 Å². The second-order valence-corrected chi connectivity index (χ2v) is 14.2. The fourth-order valence-corrected chi connectivity index (χ4v) is 6.56. The van der Waals surface area contributed by atoms with E-state index < -0.39 is 144 Å². The number of ketones is 1. The Morgan fingerprint density at radius 3 is 0.776 bits per heavy atom. The minimum absolute atomic E-state index is 0.136. The lowest BCUT2D eigenvalue weighted by molar-refractivity contribution is 0.102. The Kier molecular flexibility index (Phi) is 12.8. The first-order valence-electron chi connectivity index (χ1n) is 14.9. The minimum Gasteiger partial charge on any atom is -0.508 e. The molecule has 2 nitrogen and oxygen atoms in total. The fraction of sp³-hybridized carbons (Fsp3) is 0.0882. The lowest BCUT2D eigenvalue weighted by atomic mass is 9.12. The van der Waals surface area contributed by atoms with Crippen LogP contribution in [0.25, 0.3) is 0 Å². The monoisotopic (exact) mass is 876 g/mol. The molecule has 0 aliphatic heterocycles. The topological polar surface area (TPSA) is 37.3 Å². The number of phenols is 1. The van der Waals surface area contributed by atoms with Crippen LogP contribution >= 0.6 is 0 Å². The maximum Gasteiger partial charge on any atom is 0.211 e. The summed E-state index contributed by atoms with van der Waals surface area (Å²) in [4.78, 5) is 11.5. The zero-order chi connectivity index (χ0) is 44.2. The van der Waals surface area contributed by atoms with Gasteiger partial charge in [-0.15, -0.1) is 21.9 Å². The molecule has 0 saturated carbocycles. The van der Waals surface area contributed by atoms with E-state index in [-0.39, 0.29) is 22.4 Å². The Hall–Kier alpha value is -5.42. The van der Waals surface area contributed by atoms with Crippen LogP contribution in [0.5, 0.6) is 5.75 Å². The number of rotatable bonds is 7. The van der Waals surface area contributed by atoms with Crippen molar-refractivity contribution < 1.29 is 97.7 Å². The van der Waals surface area contributed by atoms with E-state index in [1.165, 1.54) is 12.1 Å². The molecule has 0 fully saturated rings. The van der Waals surface area contributed by atoms with E-state index in [0.29, 0.717) is 11.3 Å². The highest BCUT2D eigenvalue weighted by atomic mass is 32.2. The number of carbonyl (C=O) groups is 1. The number of phenolic OH excluding ortho intramolecular Hbond substituents is 1. The highest BCUT2D eigenvalue weighted by Crippen LogP contribution is 2.30. The predicted octanol–water partition coefficient (Wildman–Crippen LogP) is 7.30. The van der Waals surface area contributed by atoms with E-state index in [1.807, 2.05) is 12.5 Å². The summed E-state index contributed by atoms with van der Waals surface area (Å²) < 4.78 is 294. The highest BCUT2D eigenvalue weighted by Gasteiger charge is 2.52. The van der Waals surface area contributed by atoms with Crippen LogP contribution in [0, 0.1) is 116 Å². The largest absolute Gasteiger partial charge is 0.508 e. The van der Waals surface area contributed by atoms with Crippen molar-refractivity contribution in [3.63, 3.8) is 0 Å². The van der Waals surface area contributed by atoms with Crippen molar-refractivity contribution in [2.45, 2.75) is 0 Å². The Balaban J connectivity index is 0.000000486. The van der Waals surface area contributed by atoms with Crippen LogP contribution in [0.1, 0.15) is 10.4 Å². The molecule has 0 aliphatic rings. The minimum atomic E-state index is -7.22. The van der Waals surface area contributed by atoms with E-state index in [2.05, 4.69) is 0 Å². The van der Waals surface area contributed by atoms with Crippen LogP contribution < -0.4 is 21.9 Å². The number of aromatic hydroxyl groups is 1. The summed E-state index contributed by atoms with van der Waals surface area (Å²) >= 11 is 0. The third kappa shape index (κ3) is 7.08. The van der Waals surface area contributed by atoms with Gasteiger partial charge in [-0.25, -0.2) is 87.8 Å². The van der Waals surface area contributed by atoms with Gasteiger partial charge in [0.25, 0.3) is 0 Å². The smallest absolute Gasteiger partial charge is 0.211 e. The molecular formula is C34H13BF20O2S. The molecule has 1 N–H and O–H groups in total. The Morgan fingerprint density at radius 2 is 0.586 bits per heavy atom. The van der Waals surface area contributed by atoms with Gasteiger partial charge in [-0.3, -0.25) is 4.79 Å². The lowest BCUT2D eigenvalue weighted by Crippen LogP contribution is -2.81. The van der Waals surface area contributed by atoms with E-state index in [9.17, 15) is 57.5 Å². The van der Waals surface area contributed by atoms with Crippen molar-refractivity contribution in [2.75, 3.05) is 18.3 Å². The molecule has 5 rings (SSSR count). The normalized spacial score (nSPS) is 11.6. The maximum absolute atomic E-state index is 15.4. The number of hydrogen-bond acceptors (Lipinski definition) is 2. The van der Waals surface area contributed by atoms with Crippen molar-refractivity contribution in [2.24, 2.45) is 0 Å². The standard InChI is InChI=1S/C24BF20.C10H12O2S/c26-5-1(6(27)14(35)21(42)13(5)34)25(2-7(28)15(36)22(43)16(37)8(2)29,3-9(30)17(38)23(44)18(39)10(3)31)4-11(32)19(40)24(45)20(41)12(4)33;1-13(2)7-10(12)8-3-5-9(11)6-4-8/h;3-6H,7H2,1-2H3/q-1;/p+1. The molecule has 0 saturated heterocycles. The SMILES string of the molecule is C[S+](C)CC(=O)c1ccc(O)cc1.Fc1c(F)c(F)c([B-](c2c(F)c(F)c(F)c(F)c2F)(c2c(F)c(F)c(F)c(F)c2F)c2c(F)c(F)c(F)c(F)c2F)c(F)c1F. The molecule has 24 heteroatoms. The molecule has 0 radical (unpaired) electrons. The van der Waals surface area contributed by atoms with E-state index in [0.717, 1.165) is 0 Å². The summed E-state index contributed by atoms with van der Waals surface area (Å²) in [5.41, 5.74) is -13.6. The molecule has 5 aromatic carbocycles. The maximum atomic E-state index is 15.4. The molecule has 0 heterocycles. The number of halogens is 20. The summed E-state index contributed by atoms with van der Waals surface area (Å²) in [5.74, 6) is -70.5. The second kappa shape index (κ2) is 16.4. The summed E-state index contributed by atoms with van der Waals surface area (Å²) in [6, 6.07) is 6.39. The van der Waals surface area contributed by atoms with Crippen LogP contribution in [0.2, 0.25) is 0 Å². The molecule has 0 aliphatic carbocycles. The van der Waals surface area contributed by atoms with E-state index in [1.54, 1.807) is 12.1 Å². The number of Topliss-reactive ketones (excluding diaryl/α,β-unsaturated/α-hetero) is 1. The average Bonchev–Trinajstić information content (AvgIpc) is 3.18. The first-order valence-corrected chi connectivity index (χ1v) is 17.1. The summed E-state index contributed by atoms with van der Waals surface area (Å²) in [5, 5.41) is 9.01. The average molecular weight is 876 g/mol. The molecule has 58 heavy (non-hydrogen) atoms. The molecule has 0 bridgehead atoms. The molecule has 0 atom stereocenters. The zero-order valence-corrected chi connectivity index (χ0v) is 28.7. The number of benzene rings is 5. The van der Waals surface area contributed by atoms with Crippen molar-refractivity contribution in [3.05, 3.63) is 146 Å². The second-order valence-electron chi connectivity index (χ2n) is 11.9. The summed E-state index contributed by atoms with van der Waals surface area (Å²) in [7, 11) is 0.136. The van der Waals surface area contributed by atoms with Crippen molar-refractivity contribution >= 4 is 44.7 Å². The molecule has 0 spiro atoms. The van der Waals surface area contributed by atoms with Gasteiger partial charge in [0, 0.05) is 5.56 Å².